The molecule has 0 saturated heterocycles. The number of carbonyl (C=O) groups excluding carboxylic acids is 1. The maximum atomic E-state index is 13.2. The van der Waals surface area contributed by atoms with Gasteiger partial charge in [-0.1, -0.05) is 58.9 Å². The number of ether oxygens (including phenoxy) is 1. The number of nitrogens with zero attached hydrogens (tertiary/aromatic N) is 3. The Morgan fingerprint density at radius 1 is 1.24 bits per heavy atom. The van der Waals surface area contributed by atoms with Crippen molar-refractivity contribution in [3.8, 4) is 5.75 Å². The number of halogens is 1. The lowest BCUT2D eigenvalue weighted by atomic mass is 9.85. The van der Waals surface area contributed by atoms with Crippen LogP contribution in [0.3, 0.4) is 0 Å². The smallest absolute Gasteiger partial charge is 0.227 e. The Balaban J connectivity index is 1.60. The molecule has 0 bridgehead atoms. The Labute approximate surface area is 206 Å². The number of anilines is 1. The minimum atomic E-state index is -0.382. The molecule has 2 heterocycles. The molecule has 0 spiro atoms. The summed E-state index contributed by atoms with van der Waals surface area (Å²) in [5, 5.41) is 8.87. The first-order valence-corrected chi connectivity index (χ1v) is 12.9. The monoisotopic (exact) mass is 524 g/mol. The highest BCUT2D eigenvalue weighted by Crippen LogP contribution is 2.44. The third-order valence-electron chi connectivity index (χ3n) is 6.03. The zero-order valence-electron chi connectivity index (χ0n) is 18.6. The molecule has 0 amide bonds. The average Bonchev–Trinajstić information content (AvgIpc) is 3.20. The highest BCUT2D eigenvalue weighted by atomic mass is 79.9. The lowest BCUT2D eigenvalue weighted by molar-refractivity contribution is -0.116. The summed E-state index contributed by atoms with van der Waals surface area (Å²) in [6.07, 6.45) is 2.22. The van der Waals surface area contributed by atoms with E-state index in [2.05, 4.69) is 47.2 Å². The van der Waals surface area contributed by atoms with Gasteiger partial charge in [-0.15, -0.1) is 5.10 Å². The van der Waals surface area contributed by atoms with Crippen molar-refractivity contribution < 1.29 is 9.53 Å². The molecule has 1 aliphatic heterocycles. The predicted octanol–water partition coefficient (Wildman–Crippen LogP) is 6.06. The highest BCUT2D eigenvalue weighted by molar-refractivity contribution is 9.10. The molecular weight excluding hydrogens is 500 g/mol. The fourth-order valence-electron chi connectivity index (χ4n) is 4.41. The summed E-state index contributed by atoms with van der Waals surface area (Å²) in [5.74, 6) is 2.45. The van der Waals surface area contributed by atoms with E-state index in [1.165, 1.54) is 5.56 Å². The number of carbonyl (C=O) groups is 1. The summed E-state index contributed by atoms with van der Waals surface area (Å²) >= 11 is 5.21. The Hall–Kier alpha value is -2.58. The van der Waals surface area contributed by atoms with Crippen LogP contribution in [-0.4, -0.2) is 26.3 Å². The van der Waals surface area contributed by atoms with Gasteiger partial charge in [0.25, 0.3) is 0 Å². The average molecular weight is 525 g/mol. The third kappa shape index (κ3) is 4.34. The van der Waals surface area contributed by atoms with Gasteiger partial charge in [0.05, 0.1) is 0 Å². The number of ketones is 1. The number of aromatic nitrogens is 3. The van der Waals surface area contributed by atoms with E-state index in [-0.39, 0.29) is 11.8 Å². The Kier molecular flexibility index (Phi) is 6.29. The number of Topliss-reactive ketones (excluding diaryl/α,β-unsaturated/α-hetero) is 1. The standard InChI is InChI=1S/C25H25BrN4O2S/c1-3-33-25-28-24-27-19-9-6-10-20(31)22(19)23(30(24)29-25)18-13-17(26)11-12-21(18)32-14-16-8-5-4-7-15(16)2/h4-5,7-8,11-13,23H,3,6,9-10,14H2,1-2H3,(H,27,28,29). The summed E-state index contributed by atoms with van der Waals surface area (Å²) in [5.41, 5.74) is 4.94. The molecular formula is C25H25BrN4O2S. The number of hydrogen-bond donors (Lipinski definition) is 1. The molecule has 0 radical (unpaired) electrons. The summed E-state index contributed by atoms with van der Waals surface area (Å²) in [6, 6.07) is 13.8. The molecule has 1 atom stereocenters. The number of fused-ring (bicyclic) bond motifs is 1. The van der Waals surface area contributed by atoms with Crippen LogP contribution in [0.5, 0.6) is 5.75 Å². The second-order valence-corrected chi connectivity index (χ2v) is 10.3. The molecule has 6 nitrogen and oxygen atoms in total. The minimum absolute atomic E-state index is 0.157. The Morgan fingerprint density at radius 3 is 2.91 bits per heavy atom. The van der Waals surface area contributed by atoms with Crippen molar-refractivity contribution in [3.05, 3.63) is 74.9 Å². The number of hydrogen-bond acceptors (Lipinski definition) is 6. The second-order valence-electron chi connectivity index (χ2n) is 8.19. The van der Waals surface area contributed by atoms with E-state index in [9.17, 15) is 4.79 Å². The molecule has 5 rings (SSSR count). The summed E-state index contributed by atoms with van der Waals surface area (Å²) in [4.78, 5) is 17.9. The Bertz CT molecular complexity index is 1250. The summed E-state index contributed by atoms with van der Waals surface area (Å²) in [6.45, 7) is 4.61. The number of allylic oxidation sites excluding steroid dienone is 2. The van der Waals surface area contributed by atoms with Crippen molar-refractivity contribution in [1.82, 2.24) is 14.8 Å². The third-order valence-corrected chi connectivity index (χ3v) is 7.25. The van der Waals surface area contributed by atoms with Crippen LogP contribution in [0.2, 0.25) is 0 Å². The van der Waals surface area contributed by atoms with Crippen LogP contribution in [0.4, 0.5) is 5.95 Å². The summed E-state index contributed by atoms with van der Waals surface area (Å²) < 4.78 is 9.13. The van der Waals surface area contributed by atoms with E-state index in [4.69, 9.17) is 14.8 Å². The molecule has 2 aliphatic rings. The SMILES string of the molecule is CCSc1nc2n(n1)C(c1cc(Br)ccc1OCc1ccccc1C)C1=C(CCCC1=O)N2. The van der Waals surface area contributed by atoms with Crippen LogP contribution in [0.15, 0.2) is 63.4 Å². The van der Waals surface area contributed by atoms with Gasteiger partial charge in [0.2, 0.25) is 11.1 Å². The van der Waals surface area contributed by atoms with Crippen molar-refractivity contribution in [2.24, 2.45) is 0 Å². The van der Waals surface area contributed by atoms with Crippen molar-refractivity contribution in [3.63, 3.8) is 0 Å². The fraction of sp³-hybridized carbons (Fsp3) is 0.320. The van der Waals surface area contributed by atoms with Gasteiger partial charge in [-0.3, -0.25) is 4.79 Å². The topological polar surface area (TPSA) is 69.0 Å². The van der Waals surface area contributed by atoms with Crippen LogP contribution in [0, 0.1) is 6.92 Å². The van der Waals surface area contributed by atoms with E-state index in [0.29, 0.717) is 24.1 Å². The predicted molar refractivity (Wildman–Crippen MR) is 134 cm³/mol. The first-order valence-electron chi connectivity index (χ1n) is 11.1. The molecule has 1 aliphatic carbocycles. The van der Waals surface area contributed by atoms with Gasteiger partial charge in [-0.25, -0.2) is 4.68 Å². The van der Waals surface area contributed by atoms with Crippen LogP contribution >= 0.6 is 27.7 Å². The molecule has 3 aromatic rings. The quantitative estimate of drug-likeness (QED) is 0.395. The van der Waals surface area contributed by atoms with Gasteiger partial charge in [0.15, 0.2) is 5.78 Å². The minimum Gasteiger partial charge on any atom is -0.489 e. The van der Waals surface area contributed by atoms with E-state index in [1.807, 2.05) is 35.0 Å². The molecule has 0 fully saturated rings. The van der Waals surface area contributed by atoms with E-state index in [0.717, 1.165) is 51.2 Å². The van der Waals surface area contributed by atoms with Crippen LogP contribution < -0.4 is 10.1 Å². The van der Waals surface area contributed by atoms with Crippen molar-refractivity contribution >= 4 is 39.4 Å². The number of benzene rings is 2. The number of thioether (sulfide) groups is 1. The maximum absolute atomic E-state index is 13.2. The second kappa shape index (κ2) is 9.35. The van der Waals surface area contributed by atoms with E-state index in [1.54, 1.807) is 11.8 Å². The molecule has 33 heavy (non-hydrogen) atoms. The molecule has 0 saturated carbocycles. The molecule has 2 aromatic carbocycles. The Morgan fingerprint density at radius 2 is 2.09 bits per heavy atom. The first kappa shape index (κ1) is 22.2. The van der Waals surface area contributed by atoms with Gasteiger partial charge < -0.3 is 10.1 Å². The maximum Gasteiger partial charge on any atom is 0.227 e. The highest BCUT2D eigenvalue weighted by Gasteiger charge is 2.38. The van der Waals surface area contributed by atoms with Gasteiger partial charge in [0.1, 0.15) is 18.4 Å². The van der Waals surface area contributed by atoms with Crippen molar-refractivity contribution in [2.45, 2.75) is 50.9 Å². The molecule has 170 valence electrons. The number of nitrogens with one attached hydrogen (secondary N) is 1. The fourth-order valence-corrected chi connectivity index (χ4v) is 5.34. The molecule has 1 aromatic heterocycles. The molecule has 1 unspecified atom stereocenters. The van der Waals surface area contributed by atoms with Crippen LogP contribution in [-0.2, 0) is 11.4 Å². The van der Waals surface area contributed by atoms with Gasteiger partial charge in [-0.2, -0.15) is 4.98 Å². The van der Waals surface area contributed by atoms with Gasteiger partial charge in [-0.05, 0) is 54.8 Å². The molecule has 1 N–H and O–H groups in total. The number of rotatable bonds is 6. The van der Waals surface area contributed by atoms with Gasteiger partial charge >= 0.3 is 0 Å². The summed E-state index contributed by atoms with van der Waals surface area (Å²) in [7, 11) is 0. The van der Waals surface area contributed by atoms with Crippen LogP contribution in [0.1, 0.15) is 48.9 Å². The molecule has 8 heteroatoms. The van der Waals surface area contributed by atoms with E-state index < -0.39 is 0 Å². The van der Waals surface area contributed by atoms with Crippen molar-refractivity contribution in [1.29, 1.82) is 0 Å². The van der Waals surface area contributed by atoms with Crippen LogP contribution in [0.25, 0.3) is 0 Å². The zero-order valence-corrected chi connectivity index (χ0v) is 21.0. The first-order chi connectivity index (χ1) is 16.0. The lowest BCUT2D eigenvalue weighted by Gasteiger charge is -2.33. The lowest BCUT2D eigenvalue weighted by Crippen LogP contribution is -2.31. The van der Waals surface area contributed by atoms with Gasteiger partial charge in [0, 0.05) is 27.7 Å². The van der Waals surface area contributed by atoms with E-state index >= 15 is 0 Å². The van der Waals surface area contributed by atoms with Crippen molar-refractivity contribution in [2.75, 3.05) is 11.1 Å². The normalized spacial score (nSPS) is 17.4. The number of aryl methyl sites for hydroxylation is 1. The largest absolute Gasteiger partial charge is 0.489 e. The zero-order chi connectivity index (χ0) is 22.9.